The van der Waals surface area contributed by atoms with Gasteiger partial charge >= 0.3 is 0 Å². The van der Waals surface area contributed by atoms with Gasteiger partial charge in [-0.25, -0.2) is 0 Å². The van der Waals surface area contributed by atoms with Crippen LogP contribution in [0, 0.1) is 0 Å². The monoisotopic (exact) mass is 286 g/mol. The number of nitrogens with one attached hydrogen (secondary N) is 1. The highest BCUT2D eigenvalue weighted by atomic mass is 35.5. The summed E-state index contributed by atoms with van der Waals surface area (Å²) in [6, 6.07) is 5.86. The highest BCUT2D eigenvalue weighted by Gasteiger charge is 2.09. The summed E-state index contributed by atoms with van der Waals surface area (Å²) in [4.78, 5) is 2.14. The molecule has 0 saturated carbocycles. The zero-order valence-electron chi connectivity index (χ0n) is 11.7. The molecule has 0 amide bonds. The number of aliphatic hydroxyl groups is 1. The molecule has 0 unspecified atom stereocenters. The summed E-state index contributed by atoms with van der Waals surface area (Å²) < 4.78 is 5.01. The Balaban J connectivity index is 2.78. The van der Waals surface area contributed by atoms with Crippen LogP contribution in [0.15, 0.2) is 18.2 Å². The lowest BCUT2D eigenvalue weighted by Gasteiger charge is -2.25. The predicted octanol–water partition coefficient (Wildman–Crippen LogP) is 1.89. The summed E-state index contributed by atoms with van der Waals surface area (Å²) in [5, 5.41) is 13.2. The van der Waals surface area contributed by atoms with E-state index >= 15 is 0 Å². The van der Waals surface area contributed by atoms with Gasteiger partial charge in [-0.15, -0.1) is 0 Å². The van der Waals surface area contributed by atoms with Gasteiger partial charge in [-0.3, -0.25) is 0 Å². The summed E-state index contributed by atoms with van der Waals surface area (Å²) in [6.07, 6.45) is 0. The Bertz CT molecular complexity index is 374. The molecule has 2 N–H and O–H groups in total. The molecule has 0 radical (unpaired) electrons. The third kappa shape index (κ3) is 5.37. The SMILES string of the molecule is CCN(CCO)c1ccc(Cl)cc1CNCCOC. The minimum Gasteiger partial charge on any atom is -0.395 e. The molecule has 5 heteroatoms. The fourth-order valence-electron chi connectivity index (χ4n) is 1.97. The van der Waals surface area contributed by atoms with Crippen molar-refractivity contribution >= 4 is 17.3 Å². The maximum Gasteiger partial charge on any atom is 0.0606 e. The number of benzene rings is 1. The number of hydrogen-bond donors (Lipinski definition) is 2. The standard InChI is InChI=1S/C14H23ClN2O2/c1-3-17(7-8-18)14-5-4-13(15)10-12(14)11-16-6-9-19-2/h4-5,10,16,18H,3,6-9,11H2,1-2H3. The van der Waals surface area contributed by atoms with E-state index in [9.17, 15) is 0 Å². The van der Waals surface area contributed by atoms with Crippen LogP contribution in [0.2, 0.25) is 5.02 Å². The van der Waals surface area contributed by atoms with Crippen LogP contribution in [-0.2, 0) is 11.3 Å². The molecule has 1 aromatic carbocycles. The number of hydrogen-bond acceptors (Lipinski definition) is 4. The Morgan fingerprint density at radius 3 is 2.84 bits per heavy atom. The first kappa shape index (κ1) is 16.2. The van der Waals surface area contributed by atoms with Crippen molar-refractivity contribution in [1.82, 2.24) is 5.32 Å². The molecule has 4 nitrogen and oxygen atoms in total. The van der Waals surface area contributed by atoms with Crippen LogP contribution in [0.5, 0.6) is 0 Å². The molecule has 19 heavy (non-hydrogen) atoms. The van der Waals surface area contributed by atoms with Crippen molar-refractivity contribution in [3.63, 3.8) is 0 Å². The minimum atomic E-state index is 0.146. The number of halogens is 1. The zero-order valence-corrected chi connectivity index (χ0v) is 12.4. The van der Waals surface area contributed by atoms with Crippen molar-refractivity contribution in [2.24, 2.45) is 0 Å². The summed E-state index contributed by atoms with van der Waals surface area (Å²) in [5.74, 6) is 0. The Labute approximate surface area is 120 Å². The fourth-order valence-corrected chi connectivity index (χ4v) is 2.17. The Morgan fingerprint density at radius 2 is 2.21 bits per heavy atom. The van der Waals surface area contributed by atoms with E-state index in [4.69, 9.17) is 21.4 Å². The maximum atomic E-state index is 9.12. The quantitative estimate of drug-likeness (QED) is 0.681. The van der Waals surface area contributed by atoms with Gasteiger partial charge in [0.05, 0.1) is 13.2 Å². The molecule has 1 aromatic rings. The van der Waals surface area contributed by atoms with Crippen molar-refractivity contribution in [1.29, 1.82) is 0 Å². The molecule has 0 fully saturated rings. The molecule has 0 aromatic heterocycles. The van der Waals surface area contributed by atoms with Gasteiger partial charge in [-0.05, 0) is 30.7 Å². The highest BCUT2D eigenvalue weighted by Crippen LogP contribution is 2.24. The van der Waals surface area contributed by atoms with Crippen LogP contribution in [0.3, 0.4) is 0 Å². The number of rotatable bonds is 9. The van der Waals surface area contributed by atoms with Gasteiger partial charge in [0.25, 0.3) is 0 Å². The van der Waals surface area contributed by atoms with Gasteiger partial charge in [-0.1, -0.05) is 11.6 Å². The van der Waals surface area contributed by atoms with Crippen molar-refractivity contribution in [2.45, 2.75) is 13.5 Å². The average molecular weight is 287 g/mol. The molecule has 108 valence electrons. The molecular formula is C14H23ClN2O2. The van der Waals surface area contributed by atoms with Crippen LogP contribution in [-0.4, -0.2) is 45.1 Å². The van der Waals surface area contributed by atoms with Crippen molar-refractivity contribution < 1.29 is 9.84 Å². The first-order valence-electron chi connectivity index (χ1n) is 6.56. The van der Waals surface area contributed by atoms with E-state index < -0.39 is 0 Å². The van der Waals surface area contributed by atoms with Crippen LogP contribution in [0.1, 0.15) is 12.5 Å². The Kier molecular flexibility index (Phi) is 7.82. The van der Waals surface area contributed by atoms with Gasteiger partial charge in [0, 0.05) is 44.0 Å². The first-order chi connectivity index (χ1) is 9.22. The second-order valence-corrected chi connectivity index (χ2v) is 4.68. The molecule has 0 heterocycles. The largest absolute Gasteiger partial charge is 0.395 e. The predicted molar refractivity (Wildman–Crippen MR) is 80.0 cm³/mol. The molecular weight excluding hydrogens is 264 g/mol. The third-order valence-electron chi connectivity index (χ3n) is 2.93. The second kappa shape index (κ2) is 9.15. The number of ether oxygens (including phenoxy) is 1. The molecule has 0 saturated heterocycles. The van der Waals surface area contributed by atoms with Gasteiger partial charge in [0.15, 0.2) is 0 Å². The van der Waals surface area contributed by atoms with Crippen molar-refractivity contribution in [2.75, 3.05) is 44.9 Å². The maximum absolute atomic E-state index is 9.12. The molecule has 0 bridgehead atoms. The van der Waals surface area contributed by atoms with Gasteiger partial charge in [0.1, 0.15) is 0 Å². The number of aliphatic hydroxyl groups excluding tert-OH is 1. The molecule has 0 aliphatic rings. The topological polar surface area (TPSA) is 44.7 Å². The normalized spacial score (nSPS) is 10.7. The van der Waals surface area contributed by atoms with E-state index in [1.807, 2.05) is 18.2 Å². The summed E-state index contributed by atoms with van der Waals surface area (Å²) in [6.45, 7) is 5.93. The average Bonchev–Trinajstić information content (AvgIpc) is 2.42. The molecule has 0 spiro atoms. The van der Waals surface area contributed by atoms with E-state index in [1.54, 1.807) is 7.11 Å². The number of likely N-dealkylation sites (N-methyl/N-ethyl adjacent to an activating group) is 1. The van der Waals surface area contributed by atoms with Crippen molar-refractivity contribution in [3.8, 4) is 0 Å². The van der Waals surface area contributed by atoms with Gasteiger partial charge in [0.2, 0.25) is 0 Å². The van der Waals surface area contributed by atoms with E-state index in [2.05, 4.69) is 17.1 Å². The van der Waals surface area contributed by atoms with Gasteiger partial charge < -0.3 is 20.1 Å². The molecule has 0 atom stereocenters. The Morgan fingerprint density at radius 1 is 1.42 bits per heavy atom. The Hall–Kier alpha value is -0.810. The van der Waals surface area contributed by atoms with Crippen LogP contribution in [0.4, 0.5) is 5.69 Å². The number of nitrogens with zero attached hydrogens (tertiary/aromatic N) is 1. The molecule has 0 aliphatic heterocycles. The highest BCUT2D eigenvalue weighted by molar-refractivity contribution is 6.30. The second-order valence-electron chi connectivity index (χ2n) is 4.25. The van der Waals surface area contributed by atoms with Crippen LogP contribution < -0.4 is 10.2 Å². The zero-order chi connectivity index (χ0) is 14.1. The van der Waals surface area contributed by atoms with Crippen LogP contribution in [0.25, 0.3) is 0 Å². The van der Waals surface area contributed by atoms with E-state index in [0.29, 0.717) is 13.2 Å². The van der Waals surface area contributed by atoms with Crippen LogP contribution >= 0.6 is 11.6 Å². The fraction of sp³-hybridized carbons (Fsp3) is 0.571. The third-order valence-corrected chi connectivity index (χ3v) is 3.17. The minimum absolute atomic E-state index is 0.146. The summed E-state index contributed by atoms with van der Waals surface area (Å²) in [7, 11) is 1.69. The number of methoxy groups -OCH3 is 1. The number of anilines is 1. The molecule has 1 rings (SSSR count). The molecule has 0 aliphatic carbocycles. The lowest BCUT2D eigenvalue weighted by atomic mass is 10.1. The first-order valence-corrected chi connectivity index (χ1v) is 6.94. The van der Waals surface area contributed by atoms with Gasteiger partial charge in [-0.2, -0.15) is 0 Å². The van der Waals surface area contributed by atoms with Crippen molar-refractivity contribution in [3.05, 3.63) is 28.8 Å². The van der Waals surface area contributed by atoms with E-state index in [1.165, 1.54) is 0 Å². The summed E-state index contributed by atoms with van der Waals surface area (Å²) >= 11 is 6.06. The van der Waals surface area contributed by atoms with E-state index in [-0.39, 0.29) is 6.61 Å². The smallest absolute Gasteiger partial charge is 0.0606 e. The lowest BCUT2D eigenvalue weighted by Crippen LogP contribution is -2.28. The summed E-state index contributed by atoms with van der Waals surface area (Å²) in [5.41, 5.74) is 2.25. The lowest BCUT2D eigenvalue weighted by molar-refractivity contribution is 0.199. The van der Waals surface area contributed by atoms with E-state index in [0.717, 1.165) is 35.9 Å².